The zero-order valence-corrected chi connectivity index (χ0v) is 10.9. The van der Waals surface area contributed by atoms with E-state index < -0.39 is 5.97 Å². The second kappa shape index (κ2) is 7.67. The highest BCUT2D eigenvalue weighted by Crippen LogP contribution is 2.28. The van der Waals surface area contributed by atoms with Crippen LogP contribution in [0.2, 0.25) is 0 Å². The van der Waals surface area contributed by atoms with Crippen LogP contribution < -0.4 is 5.32 Å². The van der Waals surface area contributed by atoms with Crippen LogP contribution in [0, 0.1) is 11.8 Å². The number of hydrogen-bond acceptors (Lipinski definition) is 3. The molecule has 0 heterocycles. The number of carboxylic acid groups (broad SMARTS) is 1. The first-order chi connectivity index (χ1) is 8.13. The van der Waals surface area contributed by atoms with Gasteiger partial charge in [-0.25, -0.2) is 0 Å². The summed E-state index contributed by atoms with van der Waals surface area (Å²) < 4.78 is 5.34. The Balaban J connectivity index is 2.11. The highest BCUT2D eigenvalue weighted by Gasteiger charge is 2.25. The van der Waals surface area contributed by atoms with Crippen molar-refractivity contribution in [2.75, 3.05) is 19.8 Å². The van der Waals surface area contributed by atoms with Crippen molar-refractivity contribution in [1.82, 2.24) is 5.32 Å². The quantitative estimate of drug-likeness (QED) is 0.717. The minimum atomic E-state index is -0.624. The zero-order chi connectivity index (χ0) is 12.7. The van der Waals surface area contributed by atoms with Gasteiger partial charge in [-0.3, -0.25) is 4.79 Å². The van der Waals surface area contributed by atoms with E-state index in [0.717, 1.165) is 45.4 Å². The van der Waals surface area contributed by atoms with Crippen LogP contribution in [0.3, 0.4) is 0 Å². The summed E-state index contributed by atoms with van der Waals surface area (Å²) in [5.74, 6) is -0.0945. The van der Waals surface area contributed by atoms with Crippen molar-refractivity contribution in [3.05, 3.63) is 0 Å². The standard InChI is InChI=1S/C13H25NO3/c1-3-17-9-10(2)14-8-11-4-6-12(7-5-11)13(15)16/h10-12,14H,3-9H2,1-2H3,(H,15,16). The molecule has 0 radical (unpaired) electrons. The first-order valence-electron chi connectivity index (χ1n) is 6.67. The van der Waals surface area contributed by atoms with Crippen LogP contribution in [0.5, 0.6) is 0 Å². The molecule has 1 rings (SSSR count). The first kappa shape index (κ1) is 14.5. The number of rotatable bonds is 7. The Morgan fingerprint density at radius 2 is 2.06 bits per heavy atom. The average molecular weight is 243 g/mol. The van der Waals surface area contributed by atoms with E-state index in [4.69, 9.17) is 9.84 Å². The molecule has 0 amide bonds. The Kier molecular flexibility index (Phi) is 6.52. The van der Waals surface area contributed by atoms with Gasteiger partial charge in [0.15, 0.2) is 0 Å². The number of hydrogen-bond donors (Lipinski definition) is 2. The van der Waals surface area contributed by atoms with Crippen molar-refractivity contribution in [1.29, 1.82) is 0 Å². The van der Waals surface area contributed by atoms with Crippen LogP contribution in [-0.2, 0) is 9.53 Å². The predicted octanol–water partition coefficient (Wildman–Crippen LogP) is 1.89. The number of carboxylic acids is 1. The molecule has 1 aliphatic rings. The van der Waals surface area contributed by atoms with Gasteiger partial charge in [0.1, 0.15) is 0 Å². The molecular weight excluding hydrogens is 218 g/mol. The van der Waals surface area contributed by atoms with Crippen LogP contribution in [-0.4, -0.2) is 36.9 Å². The Morgan fingerprint density at radius 3 is 2.59 bits per heavy atom. The summed E-state index contributed by atoms with van der Waals surface area (Å²) >= 11 is 0. The SMILES string of the molecule is CCOCC(C)NCC1CCC(C(=O)O)CC1. The third kappa shape index (κ3) is 5.50. The number of ether oxygens (including phenoxy) is 1. The van der Waals surface area contributed by atoms with Gasteiger partial charge >= 0.3 is 5.97 Å². The third-order valence-electron chi connectivity index (χ3n) is 3.52. The lowest BCUT2D eigenvalue weighted by atomic mass is 9.82. The van der Waals surface area contributed by atoms with Crippen molar-refractivity contribution < 1.29 is 14.6 Å². The maximum absolute atomic E-state index is 10.8. The van der Waals surface area contributed by atoms with Crippen LogP contribution in [0.25, 0.3) is 0 Å². The van der Waals surface area contributed by atoms with E-state index in [-0.39, 0.29) is 5.92 Å². The summed E-state index contributed by atoms with van der Waals surface area (Å²) in [6.45, 7) is 6.62. The summed E-state index contributed by atoms with van der Waals surface area (Å²) in [5.41, 5.74) is 0. The lowest BCUT2D eigenvalue weighted by Gasteiger charge is -2.27. The Labute approximate surface area is 104 Å². The minimum Gasteiger partial charge on any atom is -0.481 e. The highest BCUT2D eigenvalue weighted by atomic mass is 16.5. The van der Waals surface area contributed by atoms with Crippen LogP contribution in [0.15, 0.2) is 0 Å². The molecule has 0 saturated heterocycles. The topological polar surface area (TPSA) is 58.6 Å². The van der Waals surface area contributed by atoms with Gasteiger partial charge in [0, 0.05) is 12.6 Å². The van der Waals surface area contributed by atoms with E-state index in [2.05, 4.69) is 12.2 Å². The van der Waals surface area contributed by atoms with Gasteiger partial charge in [-0.05, 0) is 52.0 Å². The van der Waals surface area contributed by atoms with E-state index in [1.807, 2.05) is 6.92 Å². The van der Waals surface area contributed by atoms with Gasteiger partial charge in [0.05, 0.1) is 12.5 Å². The minimum absolute atomic E-state index is 0.105. The summed E-state index contributed by atoms with van der Waals surface area (Å²) in [7, 11) is 0. The third-order valence-corrected chi connectivity index (χ3v) is 3.52. The fraction of sp³-hybridized carbons (Fsp3) is 0.923. The Hall–Kier alpha value is -0.610. The van der Waals surface area contributed by atoms with Crippen molar-refractivity contribution >= 4 is 5.97 Å². The van der Waals surface area contributed by atoms with E-state index in [9.17, 15) is 4.79 Å². The second-order valence-electron chi connectivity index (χ2n) is 5.02. The summed E-state index contributed by atoms with van der Waals surface area (Å²) in [5, 5.41) is 12.4. The van der Waals surface area contributed by atoms with Gasteiger partial charge < -0.3 is 15.2 Å². The molecule has 1 aliphatic carbocycles. The first-order valence-corrected chi connectivity index (χ1v) is 6.67. The monoisotopic (exact) mass is 243 g/mol. The Morgan fingerprint density at radius 1 is 1.41 bits per heavy atom. The maximum atomic E-state index is 10.8. The van der Waals surface area contributed by atoms with E-state index in [1.54, 1.807) is 0 Å². The molecule has 4 heteroatoms. The molecule has 4 nitrogen and oxygen atoms in total. The van der Waals surface area contributed by atoms with Gasteiger partial charge in [0.25, 0.3) is 0 Å². The van der Waals surface area contributed by atoms with E-state index in [1.165, 1.54) is 0 Å². The van der Waals surface area contributed by atoms with Gasteiger partial charge in [0.2, 0.25) is 0 Å². The summed E-state index contributed by atoms with van der Waals surface area (Å²) in [6.07, 6.45) is 3.74. The lowest BCUT2D eigenvalue weighted by Crippen LogP contribution is -2.36. The molecule has 1 atom stereocenters. The summed E-state index contributed by atoms with van der Waals surface area (Å²) in [6, 6.07) is 0.382. The molecule has 1 unspecified atom stereocenters. The van der Waals surface area contributed by atoms with Crippen molar-refractivity contribution in [3.8, 4) is 0 Å². The van der Waals surface area contributed by atoms with E-state index >= 15 is 0 Å². The summed E-state index contributed by atoms with van der Waals surface area (Å²) in [4.78, 5) is 10.8. The highest BCUT2D eigenvalue weighted by molar-refractivity contribution is 5.69. The molecule has 100 valence electrons. The molecule has 0 spiro atoms. The second-order valence-corrected chi connectivity index (χ2v) is 5.02. The number of aliphatic carboxylic acids is 1. The predicted molar refractivity (Wildman–Crippen MR) is 67.0 cm³/mol. The van der Waals surface area contributed by atoms with Crippen LogP contribution in [0.4, 0.5) is 0 Å². The van der Waals surface area contributed by atoms with Crippen molar-refractivity contribution in [2.45, 2.75) is 45.6 Å². The molecule has 0 aliphatic heterocycles. The number of nitrogens with one attached hydrogen (secondary N) is 1. The number of carbonyl (C=O) groups is 1. The fourth-order valence-electron chi connectivity index (χ4n) is 2.33. The van der Waals surface area contributed by atoms with Crippen LogP contribution >= 0.6 is 0 Å². The van der Waals surface area contributed by atoms with Gasteiger partial charge in [-0.15, -0.1) is 0 Å². The smallest absolute Gasteiger partial charge is 0.306 e. The molecule has 1 fully saturated rings. The zero-order valence-electron chi connectivity index (χ0n) is 10.9. The molecule has 17 heavy (non-hydrogen) atoms. The average Bonchev–Trinajstić information content (AvgIpc) is 2.34. The Bertz CT molecular complexity index is 225. The molecule has 2 N–H and O–H groups in total. The molecule has 1 saturated carbocycles. The molecule has 0 aromatic heterocycles. The molecular formula is C13H25NO3. The van der Waals surface area contributed by atoms with E-state index in [0.29, 0.717) is 12.0 Å². The fourth-order valence-corrected chi connectivity index (χ4v) is 2.33. The van der Waals surface area contributed by atoms with Crippen molar-refractivity contribution in [2.24, 2.45) is 11.8 Å². The molecule has 0 aromatic rings. The maximum Gasteiger partial charge on any atom is 0.306 e. The van der Waals surface area contributed by atoms with Crippen LogP contribution in [0.1, 0.15) is 39.5 Å². The normalized spacial score (nSPS) is 26.7. The largest absolute Gasteiger partial charge is 0.481 e. The molecule has 0 aromatic carbocycles. The van der Waals surface area contributed by atoms with Gasteiger partial charge in [-0.2, -0.15) is 0 Å². The van der Waals surface area contributed by atoms with Crippen molar-refractivity contribution in [3.63, 3.8) is 0 Å². The lowest BCUT2D eigenvalue weighted by molar-refractivity contribution is -0.143. The van der Waals surface area contributed by atoms with Gasteiger partial charge in [-0.1, -0.05) is 0 Å². The molecule has 0 bridgehead atoms.